The fourth-order valence-electron chi connectivity index (χ4n) is 6.11. The Morgan fingerprint density at radius 3 is 2.49 bits per heavy atom. The van der Waals surface area contributed by atoms with Crippen molar-refractivity contribution in [2.45, 2.75) is 134 Å². The van der Waals surface area contributed by atoms with Crippen LogP contribution < -0.4 is 16.0 Å². The summed E-state index contributed by atoms with van der Waals surface area (Å²) in [4.78, 5) is 47.4. The molecule has 12 nitrogen and oxygen atoms in total. The van der Waals surface area contributed by atoms with E-state index >= 15 is 0 Å². The van der Waals surface area contributed by atoms with Crippen LogP contribution in [0.15, 0.2) is 36.0 Å². The molecule has 3 aliphatic rings. The van der Waals surface area contributed by atoms with Gasteiger partial charge in [0.15, 0.2) is 0 Å². The Kier molecular flexibility index (Phi) is 15.1. The Bertz CT molecular complexity index is 1160. The molecule has 1 spiro atoms. The number of rotatable bonds is 16. The lowest BCUT2D eigenvalue weighted by Crippen LogP contribution is -2.50. The summed E-state index contributed by atoms with van der Waals surface area (Å²) in [7, 11) is 1.62. The quantitative estimate of drug-likeness (QED) is 0.0640. The van der Waals surface area contributed by atoms with Crippen molar-refractivity contribution in [2.75, 3.05) is 20.2 Å². The molecule has 3 heterocycles. The first-order valence-corrected chi connectivity index (χ1v) is 16.9. The summed E-state index contributed by atoms with van der Waals surface area (Å²) in [6.45, 7) is 10.1. The van der Waals surface area contributed by atoms with Gasteiger partial charge in [-0.15, -0.1) is 0 Å². The predicted molar refractivity (Wildman–Crippen MR) is 176 cm³/mol. The number of ether oxygens (including phenoxy) is 4. The highest BCUT2D eigenvalue weighted by Gasteiger charge is 2.58. The van der Waals surface area contributed by atoms with Crippen molar-refractivity contribution in [1.82, 2.24) is 16.0 Å². The summed E-state index contributed by atoms with van der Waals surface area (Å²) < 4.78 is 23.1. The van der Waals surface area contributed by atoms with Gasteiger partial charge in [-0.2, -0.15) is 0 Å². The summed E-state index contributed by atoms with van der Waals surface area (Å²) >= 11 is 0. The van der Waals surface area contributed by atoms with E-state index in [1.165, 1.54) is 13.0 Å². The smallest absolute Gasteiger partial charge is 0.303 e. The second-order valence-corrected chi connectivity index (χ2v) is 13.2. The lowest BCUT2D eigenvalue weighted by Gasteiger charge is -2.39. The molecule has 4 N–H and O–H groups in total. The summed E-state index contributed by atoms with van der Waals surface area (Å²) in [5.74, 6) is -0.525. The maximum Gasteiger partial charge on any atom is 0.303 e. The van der Waals surface area contributed by atoms with E-state index < -0.39 is 29.9 Å². The van der Waals surface area contributed by atoms with Gasteiger partial charge in [-0.25, -0.2) is 0 Å². The van der Waals surface area contributed by atoms with Gasteiger partial charge in [-0.3, -0.25) is 19.2 Å². The van der Waals surface area contributed by atoms with Gasteiger partial charge in [0.1, 0.15) is 23.9 Å². The minimum absolute atomic E-state index is 0.0144. The molecule has 0 radical (unpaired) electrons. The topological polar surface area (TPSA) is 165 Å². The molecule has 0 aliphatic carbocycles. The molecular weight excluding hydrogens is 606 g/mol. The summed E-state index contributed by atoms with van der Waals surface area (Å²) in [5.41, 5.74) is 0.327. The van der Waals surface area contributed by atoms with Crippen molar-refractivity contribution in [1.29, 1.82) is 0 Å². The number of esters is 1. The zero-order chi connectivity index (χ0) is 34.6. The van der Waals surface area contributed by atoms with Gasteiger partial charge in [0.25, 0.3) is 0 Å². The number of epoxide rings is 1. The predicted octanol–water partition coefficient (Wildman–Crippen LogP) is 2.79. The molecule has 0 aromatic rings. The summed E-state index contributed by atoms with van der Waals surface area (Å²) in [6, 6.07) is -0.135. The van der Waals surface area contributed by atoms with Gasteiger partial charge >= 0.3 is 5.97 Å². The summed E-state index contributed by atoms with van der Waals surface area (Å²) in [6.07, 6.45) is 11.4. The number of allylic oxidation sites excluding steroid dienone is 2. The van der Waals surface area contributed by atoms with E-state index in [2.05, 4.69) is 29.0 Å². The van der Waals surface area contributed by atoms with Crippen molar-refractivity contribution >= 4 is 23.7 Å². The lowest BCUT2D eigenvalue weighted by molar-refractivity contribution is -0.145. The second-order valence-electron chi connectivity index (χ2n) is 13.2. The Balaban J connectivity index is 1.44. The van der Waals surface area contributed by atoms with Crippen molar-refractivity contribution < 1.29 is 43.2 Å². The van der Waals surface area contributed by atoms with Crippen molar-refractivity contribution in [3.63, 3.8) is 0 Å². The highest BCUT2D eigenvalue weighted by atomic mass is 16.6. The Hall–Kier alpha value is -3.06. The molecule has 12 heteroatoms. The zero-order valence-electron chi connectivity index (χ0n) is 28.8. The minimum atomic E-state index is -0.819. The van der Waals surface area contributed by atoms with Crippen molar-refractivity contribution in [3.05, 3.63) is 36.0 Å². The maximum atomic E-state index is 12.6. The fourth-order valence-corrected chi connectivity index (χ4v) is 6.11. The van der Waals surface area contributed by atoms with E-state index in [1.54, 1.807) is 20.0 Å². The van der Waals surface area contributed by atoms with Crippen molar-refractivity contribution in [3.8, 4) is 0 Å². The molecule has 3 rings (SSSR count). The van der Waals surface area contributed by atoms with Crippen LogP contribution in [0.3, 0.4) is 0 Å². The first-order valence-electron chi connectivity index (χ1n) is 16.9. The molecule has 0 aromatic carbocycles. The van der Waals surface area contributed by atoms with E-state index in [0.29, 0.717) is 32.4 Å². The lowest BCUT2D eigenvalue weighted by atomic mass is 9.87. The van der Waals surface area contributed by atoms with E-state index in [4.69, 9.17) is 18.9 Å². The molecule has 47 heavy (non-hydrogen) atoms. The molecular formula is C35H55N3O9. The maximum absolute atomic E-state index is 12.6. The highest BCUT2D eigenvalue weighted by molar-refractivity contribution is 5.87. The zero-order valence-corrected chi connectivity index (χ0v) is 28.8. The average Bonchev–Trinajstić information content (AvgIpc) is 3.79. The largest absolute Gasteiger partial charge is 0.459 e. The minimum Gasteiger partial charge on any atom is -0.459 e. The molecule has 264 valence electrons. The number of amides is 3. The average molecular weight is 662 g/mol. The number of hydrogen-bond acceptors (Lipinski definition) is 9. The Morgan fingerprint density at radius 1 is 1.06 bits per heavy atom. The van der Waals surface area contributed by atoms with Crippen LogP contribution in [0, 0.1) is 5.92 Å². The molecule has 0 bridgehead atoms. The number of carbonyl (C=O) groups is 4. The second kappa shape index (κ2) is 18.5. The number of carbonyl (C=O) groups excluding carboxylic acids is 4. The van der Waals surface area contributed by atoms with Crippen LogP contribution in [0.25, 0.3) is 0 Å². The number of unbranched alkanes of at least 4 members (excludes halogenated alkanes) is 2. The standard InChI is InChI=1S/C35H55N3O9/c1-22(11-14-29-23(2)18-28(25(4)46-29)38-32(41)16-13-24(3)45-26(5)39)12-15-30-34(43)35(21-44-35)20-27(47-30)19-33(42)37-17-9-7-8-10-31(40)36-6/h11-13,15-16,23-25,27-30,34,43H,7-10,14,17-21H2,1-6H3,(H,36,40)(H,37,42)(H,38,41)/b15-12+,16-13-,22-11+/t23-,24-,25+,27+,28+,29-,30+,34+,35+/m0/s1. The van der Waals surface area contributed by atoms with Crippen LogP contribution in [-0.4, -0.2) is 97.3 Å². The third-order valence-corrected chi connectivity index (χ3v) is 9.02. The Labute approximate surface area is 279 Å². The van der Waals surface area contributed by atoms with Crippen LogP contribution in [0.2, 0.25) is 0 Å². The van der Waals surface area contributed by atoms with E-state index in [0.717, 1.165) is 31.3 Å². The van der Waals surface area contributed by atoms with Crippen LogP contribution >= 0.6 is 0 Å². The molecule has 3 aliphatic heterocycles. The Morgan fingerprint density at radius 2 is 1.81 bits per heavy atom. The van der Waals surface area contributed by atoms with Gasteiger partial charge in [0, 0.05) is 39.4 Å². The molecule has 0 unspecified atom stereocenters. The number of nitrogens with one attached hydrogen (secondary N) is 3. The molecule has 3 fully saturated rings. The molecule has 3 saturated heterocycles. The SMILES string of the molecule is CNC(=O)CCCCCNC(=O)C[C@@H]1C[C@@]2(CO2)[C@H](O)[C@@H](/C=C/C(C)=C/C[C@@H]2O[C@H](C)[C@H](NC(=O)/C=C\[C@H](C)OC(C)=O)C[C@@H]2C)O1. The normalized spacial score (nSPS) is 31.5. The van der Waals surface area contributed by atoms with Gasteiger partial charge in [0.05, 0.1) is 37.4 Å². The molecule has 0 saturated carbocycles. The van der Waals surface area contributed by atoms with Gasteiger partial charge < -0.3 is 40.0 Å². The third-order valence-electron chi connectivity index (χ3n) is 9.02. The van der Waals surface area contributed by atoms with Crippen LogP contribution in [0.4, 0.5) is 0 Å². The van der Waals surface area contributed by atoms with E-state index in [1.807, 2.05) is 26.0 Å². The van der Waals surface area contributed by atoms with E-state index in [9.17, 15) is 24.3 Å². The van der Waals surface area contributed by atoms with E-state index in [-0.39, 0.29) is 54.4 Å². The first-order chi connectivity index (χ1) is 22.3. The highest BCUT2D eigenvalue weighted by Crippen LogP contribution is 2.43. The summed E-state index contributed by atoms with van der Waals surface area (Å²) in [5, 5.41) is 19.5. The monoisotopic (exact) mass is 661 g/mol. The first kappa shape index (κ1) is 38.4. The number of aliphatic hydroxyl groups is 1. The number of hydrogen-bond donors (Lipinski definition) is 4. The molecule has 3 amide bonds. The number of aliphatic hydroxyl groups excluding tert-OH is 1. The van der Waals surface area contributed by atoms with Crippen molar-refractivity contribution in [2.24, 2.45) is 5.92 Å². The molecule has 0 aromatic heterocycles. The van der Waals surface area contributed by atoms with Crippen LogP contribution in [-0.2, 0) is 38.1 Å². The van der Waals surface area contributed by atoms with Crippen LogP contribution in [0.5, 0.6) is 0 Å². The fraction of sp³-hybridized carbons (Fsp3) is 0.714. The molecule has 9 atom stereocenters. The van der Waals surface area contributed by atoms with Gasteiger partial charge in [0.2, 0.25) is 17.7 Å². The van der Waals surface area contributed by atoms with Gasteiger partial charge in [-0.1, -0.05) is 37.1 Å². The van der Waals surface area contributed by atoms with Crippen LogP contribution in [0.1, 0.15) is 86.0 Å². The van der Waals surface area contributed by atoms with Gasteiger partial charge in [-0.05, 0) is 58.4 Å². The third kappa shape index (κ3) is 12.8.